The van der Waals surface area contributed by atoms with E-state index in [1.54, 1.807) is 6.20 Å². The molecule has 1 amide bonds. The van der Waals surface area contributed by atoms with Gasteiger partial charge >= 0.3 is 0 Å². The van der Waals surface area contributed by atoms with Crippen LogP contribution in [0.1, 0.15) is 42.3 Å². The van der Waals surface area contributed by atoms with Gasteiger partial charge in [-0.2, -0.15) is 10.2 Å². The molecular weight excluding hydrogens is 316 g/mol. The highest BCUT2D eigenvalue weighted by molar-refractivity contribution is 5.78. The Morgan fingerprint density at radius 3 is 3.12 bits per heavy atom. The van der Waals surface area contributed by atoms with Gasteiger partial charge in [0.15, 0.2) is 5.65 Å². The minimum absolute atomic E-state index is 0.139. The molecule has 1 saturated heterocycles. The van der Waals surface area contributed by atoms with Crippen LogP contribution in [0, 0.1) is 6.92 Å². The normalized spacial score (nSPS) is 21.7. The molecule has 7 nitrogen and oxygen atoms in total. The second-order valence-corrected chi connectivity index (χ2v) is 6.99. The molecule has 0 N–H and O–H groups in total. The summed E-state index contributed by atoms with van der Waals surface area (Å²) in [6.45, 7) is 2.62. The van der Waals surface area contributed by atoms with Gasteiger partial charge in [0.05, 0.1) is 17.4 Å². The van der Waals surface area contributed by atoms with E-state index >= 15 is 0 Å². The minimum atomic E-state index is 0.139. The van der Waals surface area contributed by atoms with Gasteiger partial charge in [-0.25, -0.2) is 9.50 Å². The van der Waals surface area contributed by atoms with Crippen LogP contribution in [0.15, 0.2) is 30.7 Å². The number of fused-ring (bicyclic) bond motifs is 6. The van der Waals surface area contributed by atoms with Gasteiger partial charge < -0.3 is 4.90 Å². The van der Waals surface area contributed by atoms with Crippen molar-refractivity contribution in [1.29, 1.82) is 0 Å². The lowest BCUT2D eigenvalue weighted by molar-refractivity contribution is -0.135. The second-order valence-electron chi connectivity index (χ2n) is 6.99. The summed E-state index contributed by atoms with van der Waals surface area (Å²) < 4.78 is 3.79. The highest BCUT2D eigenvalue weighted by Gasteiger charge is 2.43. The molecule has 0 radical (unpaired) electrons. The van der Waals surface area contributed by atoms with Crippen molar-refractivity contribution < 1.29 is 4.79 Å². The predicted octanol–water partition coefficient (Wildman–Crippen LogP) is 1.91. The van der Waals surface area contributed by atoms with Crippen LogP contribution in [0.4, 0.5) is 0 Å². The van der Waals surface area contributed by atoms with Crippen molar-refractivity contribution in [2.24, 2.45) is 0 Å². The summed E-state index contributed by atoms with van der Waals surface area (Å²) in [5, 5.41) is 8.79. The summed E-state index contributed by atoms with van der Waals surface area (Å²) in [7, 11) is 0. The van der Waals surface area contributed by atoms with E-state index in [9.17, 15) is 4.79 Å². The number of hydrogen-bond acceptors (Lipinski definition) is 4. The topological polar surface area (TPSA) is 68.3 Å². The number of hydrogen-bond donors (Lipinski definition) is 0. The maximum Gasteiger partial charge on any atom is 0.225 e. The van der Waals surface area contributed by atoms with Gasteiger partial charge in [-0.15, -0.1) is 0 Å². The Balaban J connectivity index is 1.45. The molecule has 2 aliphatic heterocycles. The number of aryl methyl sites for hydroxylation is 2. The maximum atomic E-state index is 12.9. The van der Waals surface area contributed by atoms with Crippen molar-refractivity contribution in [2.45, 2.75) is 51.2 Å². The summed E-state index contributed by atoms with van der Waals surface area (Å²) in [4.78, 5) is 19.5. The molecule has 0 saturated carbocycles. The van der Waals surface area contributed by atoms with Gasteiger partial charge in [-0.1, -0.05) is 0 Å². The second kappa shape index (κ2) is 5.40. The fraction of sp³-hybridized carbons (Fsp3) is 0.444. The molecule has 2 bridgehead atoms. The molecule has 3 aromatic rings. The minimum Gasteiger partial charge on any atom is -0.332 e. The van der Waals surface area contributed by atoms with Crippen molar-refractivity contribution in [3.05, 3.63) is 47.7 Å². The fourth-order valence-electron chi connectivity index (χ4n) is 4.35. The number of amides is 1. The van der Waals surface area contributed by atoms with Crippen LogP contribution in [-0.2, 0) is 17.8 Å². The molecule has 25 heavy (non-hydrogen) atoms. The first-order valence-corrected chi connectivity index (χ1v) is 8.83. The monoisotopic (exact) mass is 336 g/mol. The third-order valence-corrected chi connectivity index (χ3v) is 5.43. The molecule has 2 atom stereocenters. The van der Waals surface area contributed by atoms with E-state index in [-0.39, 0.29) is 18.0 Å². The summed E-state index contributed by atoms with van der Waals surface area (Å²) >= 11 is 0. The van der Waals surface area contributed by atoms with Crippen LogP contribution < -0.4 is 0 Å². The quantitative estimate of drug-likeness (QED) is 0.733. The Morgan fingerprint density at radius 1 is 1.36 bits per heavy atom. The molecule has 0 spiro atoms. The summed E-state index contributed by atoms with van der Waals surface area (Å²) in [6, 6.07) is 4.30. The third kappa shape index (κ3) is 2.26. The highest BCUT2D eigenvalue weighted by atomic mass is 16.2. The Kier molecular flexibility index (Phi) is 3.16. The first-order valence-electron chi connectivity index (χ1n) is 8.83. The molecule has 5 rings (SSSR count). The van der Waals surface area contributed by atoms with Crippen LogP contribution in [-0.4, -0.2) is 41.2 Å². The number of carbonyl (C=O) groups excluding carboxylic acids is 1. The lowest BCUT2D eigenvalue weighted by Crippen LogP contribution is -2.43. The lowest BCUT2D eigenvalue weighted by Gasteiger charge is -2.36. The Labute approximate surface area is 145 Å². The predicted molar refractivity (Wildman–Crippen MR) is 90.9 cm³/mol. The zero-order valence-corrected chi connectivity index (χ0v) is 14.2. The SMILES string of the molecule is Cc1cc2ncc3c(n2n1)CC1CCC3N1C(=O)CCn1cccn1. The average Bonchev–Trinajstić information content (AvgIpc) is 3.31. The maximum absolute atomic E-state index is 12.9. The Bertz CT molecular complexity index is 944. The lowest BCUT2D eigenvalue weighted by atomic mass is 9.98. The van der Waals surface area contributed by atoms with Crippen LogP contribution in [0.5, 0.6) is 0 Å². The van der Waals surface area contributed by atoms with Crippen LogP contribution in [0.25, 0.3) is 5.65 Å². The zero-order valence-electron chi connectivity index (χ0n) is 14.2. The van der Waals surface area contributed by atoms with Gasteiger partial charge in [-0.3, -0.25) is 9.48 Å². The van der Waals surface area contributed by atoms with Gasteiger partial charge in [0.1, 0.15) is 0 Å². The summed E-state index contributed by atoms with van der Waals surface area (Å²) in [5.74, 6) is 0.213. The molecular formula is C18H20N6O. The molecule has 1 fully saturated rings. The molecule has 2 unspecified atom stereocenters. The van der Waals surface area contributed by atoms with E-state index in [2.05, 4.69) is 20.1 Å². The molecule has 7 heteroatoms. The summed E-state index contributed by atoms with van der Waals surface area (Å²) in [6.07, 6.45) is 9.00. The van der Waals surface area contributed by atoms with Crippen molar-refractivity contribution >= 4 is 11.6 Å². The number of nitrogens with zero attached hydrogens (tertiary/aromatic N) is 6. The zero-order chi connectivity index (χ0) is 17.0. The van der Waals surface area contributed by atoms with Gasteiger partial charge in [-0.05, 0) is 25.8 Å². The van der Waals surface area contributed by atoms with E-state index in [0.29, 0.717) is 13.0 Å². The van der Waals surface area contributed by atoms with E-state index < -0.39 is 0 Å². The van der Waals surface area contributed by atoms with Crippen molar-refractivity contribution in [3.8, 4) is 0 Å². The van der Waals surface area contributed by atoms with Crippen LogP contribution in [0.3, 0.4) is 0 Å². The van der Waals surface area contributed by atoms with E-state index in [1.807, 2.05) is 40.6 Å². The molecule has 3 aromatic heterocycles. The van der Waals surface area contributed by atoms with Crippen molar-refractivity contribution in [2.75, 3.05) is 0 Å². The highest BCUT2D eigenvalue weighted by Crippen LogP contribution is 2.43. The first kappa shape index (κ1) is 14.6. The fourth-order valence-corrected chi connectivity index (χ4v) is 4.35. The molecule has 5 heterocycles. The van der Waals surface area contributed by atoms with E-state index in [1.165, 1.54) is 5.69 Å². The summed E-state index contributed by atoms with van der Waals surface area (Å²) in [5.41, 5.74) is 4.26. The van der Waals surface area contributed by atoms with Gasteiger partial charge in [0, 0.05) is 55.6 Å². The molecule has 2 aliphatic rings. The third-order valence-electron chi connectivity index (χ3n) is 5.43. The van der Waals surface area contributed by atoms with Gasteiger partial charge in [0.2, 0.25) is 5.91 Å². The average molecular weight is 336 g/mol. The van der Waals surface area contributed by atoms with E-state index in [0.717, 1.165) is 36.2 Å². The Hall–Kier alpha value is -2.70. The molecule has 0 aromatic carbocycles. The number of rotatable bonds is 3. The van der Waals surface area contributed by atoms with Crippen molar-refractivity contribution in [3.63, 3.8) is 0 Å². The van der Waals surface area contributed by atoms with Gasteiger partial charge in [0.25, 0.3) is 0 Å². The first-order chi connectivity index (χ1) is 12.2. The largest absolute Gasteiger partial charge is 0.332 e. The van der Waals surface area contributed by atoms with Crippen molar-refractivity contribution in [1.82, 2.24) is 29.3 Å². The standard InChI is InChI=1S/C18H20N6O/c1-12-9-17-19-11-14-15-4-3-13(10-16(14)24(17)21-12)23(15)18(25)5-8-22-7-2-6-20-22/h2,6-7,9,11,13,15H,3-5,8,10H2,1H3. The van der Waals surface area contributed by atoms with Crippen LogP contribution >= 0.6 is 0 Å². The van der Waals surface area contributed by atoms with E-state index in [4.69, 9.17) is 0 Å². The number of carbonyl (C=O) groups is 1. The number of aromatic nitrogens is 5. The molecule has 128 valence electrons. The Morgan fingerprint density at radius 2 is 2.28 bits per heavy atom. The smallest absolute Gasteiger partial charge is 0.225 e. The van der Waals surface area contributed by atoms with Crippen LogP contribution in [0.2, 0.25) is 0 Å². The molecule has 0 aliphatic carbocycles.